The fraction of sp³-hybridized carbons (Fsp3) is 0.474. The van der Waals surface area contributed by atoms with Crippen molar-refractivity contribution in [3.05, 3.63) is 47.0 Å². The molecule has 2 fully saturated rings. The van der Waals surface area contributed by atoms with Crippen molar-refractivity contribution in [3.63, 3.8) is 0 Å². The van der Waals surface area contributed by atoms with E-state index in [1.54, 1.807) is 0 Å². The SMILES string of the molecule is Nc1nc(C2(c3ccccc3)CCN(C(=O)[C@H]3CCCO3)CC2)cs1. The maximum Gasteiger partial charge on any atom is 0.251 e. The van der Waals surface area contributed by atoms with Crippen LogP contribution in [0.5, 0.6) is 0 Å². The van der Waals surface area contributed by atoms with Gasteiger partial charge in [-0.2, -0.15) is 0 Å². The Labute approximate surface area is 151 Å². The molecule has 0 saturated carbocycles. The number of rotatable bonds is 3. The molecule has 3 heterocycles. The van der Waals surface area contributed by atoms with Gasteiger partial charge in [0, 0.05) is 30.5 Å². The Hall–Kier alpha value is -1.92. The van der Waals surface area contributed by atoms with Crippen LogP contribution in [-0.4, -0.2) is 41.6 Å². The van der Waals surface area contributed by atoms with Crippen LogP contribution in [0, 0.1) is 0 Å². The Bertz CT molecular complexity index is 732. The average molecular weight is 357 g/mol. The molecule has 1 aromatic heterocycles. The maximum atomic E-state index is 12.7. The van der Waals surface area contributed by atoms with Crippen LogP contribution in [0.4, 0.5) is 5.13 Å². The molecule has 1 atom stereocenters. The first kappa shape index (κ1) is 16.5. The summed E-state index contributed by atoms with van der Waals surface area (Å²) in [7, 11) is 0. The normalized spacial score (nSPS) is 22.9. The number of thiazole rings is 1. The van der Waals surface area contributed by atoms with Crippen LogP contribution in [-0.2, 0) is 14.9 Å². The first-order chi connectivity index (χ1) is 12.2. The van der Waals surface area contributed by atoms with Gasteiger partial charge in [0.15, 0.2) is 5.13 Å². The molecule has 2 saturated heterocycles. The number of piperidine rings is 1. The van der Waals surface area contributed by atoms with Gasteiger partial charge in [-0.25, -0.2) is 4.98 Å². The molecule has 0 bridgehead atoms. The molecule has 0 spiro atoms. The lowest BCUT2D eigenvalue weighted by atomic mass is 9.70. The third-order valence-electron chi connectivity index (χ3n) is 5.47. The predicted molar refractivity (Wildman–Crippen MR) is 98.5 cm³/mol. The van der Waals surface area contributed by atoms with E-state index in [4.69, 9.17) is 10.5 Å². The molecule has 132 valence electrons. The molecule has 0 aliphatic carbocycles. The summed E-state index contributed by atoms with van der Waals surface area (Å²) in [6.45, 7) is 2.16. The minimum absolute atomic E-state index is 0.150. The Balaban J connectivity index is 1.58. The van der Waals surface area contributed by atoms with Crippen molar-refractivity contribution < 1.29 is 9.53 Å². The highest BCUT2D eigenvalue weighted by Gasteiger charge is 2.42. The Morgan fingerprint density at radius 3 is 2.64 bits per heavy atom. The number of carbonyl (C=O) groups is 1. The Kier molecular flexibility index (Phi) is 4.48. The molecule has 4 rings (SSSR count). The quantitative estimate of drug-likeness (QED) is 0.917. The van der Waals surface area contributed by atoms with Crippen LogP contribution in [0.15, 0.2) is 35.7 Å². The van der Waals surface area contributed by atoms with Gasteiger partial charge >= 0.3 is 0 Å². The third kappa shape index (κ3) is 3.04. The molecule has 2 aliphatic rings. The van der Waals surface area contributed by atoms with E-state index in [1.165, 1.54) is 16.9 Å². The largest absolute Gasteiger partial charge is 0.375 e. The van der Waals surface area contributed by atoms with Crippen LogP contribution in [0.3, 0.4) is 0 Å². The molecule has 1 aromatic carbocycles. The molecule has 6 heteroatoms. The number of ether oxygens (including phenoxy) is 1. The maximum absolute atomic E-state index is 12.7. The number of anilines is 1. The molecular formula is C19H23N3O2S. The van der Waals surface area contributed by atoms with Crippen LogP contribution < -0.4 is 5.73 Å². The monoisotopic (exact) mass is 357 g/mol. The highest BCUT2D eigenvalue weighted by molar-refractivity contribution is 7.13. The zero-order chi connectivity index (χ0) is 17.3. The highest BCUT2D eigenvalue weighted by Crippen LogP contribution is 2.42. The van der Waals surface area contributed by atoms with Crippen LogP contribution in [0.1, 0.15) is 36.9 Å². The number of hydrogen-bond acceptors (Lipinski definition) is 5. The zero-order valence-electron chi connectivity index (χ0n) is 14.2. The molecule has 0 unspecified atom stereocenters. The number of nitrogens with two attached hydrogens (primary N) is 1. The summed E-state index contributed by atoms with van der Waals surface area (Å²) in [5.74, 6) is 0.150. The van der Waals surface area contributed by atoms with E-state index in [-0.39, 0.29) is 17.4 Å². The Morgan fingerprint density at radius 2 is 2.04 bits per heavy atom. The fourth-order valence-electron chi connectivity index (χ4n) is 4.04. The number of nitrogens with zero attached hydrogens (tertiary/aromatic N) is 2. The van der Waals surface area contributed by atoms with Gasteiger partial charge in [0.2, 0.25) is 0 Å². The van der Waals surface area contributed by atoms with Crippen molar-refractivity contribution in [2.24, 2.45) is 0 Å². The third-order valence-corrected chi connectivity index (χ3v) is 6.15. The summed E-state index contributed by atoms with van der Waals surface area (Å²) in [6, 6.07) is 10.5. The van der Waals surface area contributed by atoms with Crippen LogP contribution >= 0.6 is 11.3 Å². The smallest absolute Gasteiger partial charge is 0.251 e. The average Bonchev–Trinajstić information content (AvgIpc) is 3.34. The van der Waals surface area contributed by atoms with E-state index in [2.05, 4.69) is 34.6 Å². The van der Waals surface area contributed by atoms with Gasteiger partial charge in [-0.1, -0.05) is 30.3 Å². The van der Waals surface area contributed by atoms with Gasteiger partial charge in [-0.05, 0) is 31.2 Å². The van der Waals surface area contributed by atoms with Crippen molar-refractivity contribution >= 4 is 22.4 Å². The highest BCUT2D eigenvalue weighted by atomic mass is 32.1. The number of aromatic nitrogens is 1. The van der Waals surface area contributed by atoms with Gasteiger partial charge in [-0.3, -0.25) is 4.79 Å². The molecule has 2 N–H and O–H groups in total. The van der Waals surface area contributed by atoms with E-state index >= 15 is 0 Å². The number of hydrogen-bond donors (Lipinski definition) is 1. The lowest BCUT2D eigenvalue weighted by Crippen LogP contribution is -2.48. The zero-order valence-corrected chi connectivity index (χ0v) is 15.0. The topological polar surface area (TPSA) is 68.5 Å². The second-order valence-electron chi connectivity index (χ2n) is 6.85. The second-order valence-corrected chi connectivity index (χ2v) is 7.74. The molecule has 5 nitrogen and oxygen atoms in total. The van der Waals surface area contributed by atoms with E-state index in [9.17, 15) is 4.79 Å². The van der Waals surface area contributed by atoms with Crippen molar-refractivity contribution in [1.82, 2.24) is 9.88 Å². The van der Waals surface area contributed by atoms with Gasteiger partial charge in [0.05, 0.1) is 5.69 Å². The van der Waals surface area contributed by atoms with Crippen molar-refractivity contribution in [1.29, 1.82) is 0 Å². The lowest BCUT2D eigenvalue weighted by molar-refractivity contribution is -0.142. The number of likely N-dealkylation sites (tertiary alicyclic amines) is 1. The number of amides is 1. The second kappa shape index (κ2) is 6.77. The van der Waals surface area contributed by atoms with E-state index < -0.39 is 0 Å². The number of benzene rings is 1. The first-order valence-electron chi connectivity index (χ1n) is 8.86. The van der Waals surface area contributed by atoms with Crippen molar-refractivity contribution in [2.45, 2.75) is 37.2 Å². The summed E-state index contributed by atoms with van der Waals surface area (Å²) in [4.78, 5) is 19.2. The number of nitrogen functional groups attached to an aromatic ring is 1. The van der Waals surface area contributed by atoms with Gasteiger partial charge in [0.1, 0.15) is 6.10 Å². The summed E-state index contributed by atoms with van der Waals surface area (Å²) in [6.07, 6.45) is 3.31. The minimum Gasteiger partial charge on any atom is -0.375 e. The lowest BCUT2D eigenvalue weighted by Gasteiger charge is -2.42. The van der Waals surface area contributed by atoms with Gasteiger partial charge in [0.25, 0.3) is 5.91 Å². The van der Waals surface area contributed by atoms with Crippen LogP contribution in [0.2, 0.25) is 0 Å². The van der Waals surface area contributed by atoms with E-state index in [1.807, 2.05) is 11.0 Å². The van der Waals surface area contributed by atoms with Gasteiger partial charge < -0.3 is 15.4 Å². The molecule has 1 amide bonds. The molecule has 25 heavy (non-hydrogen) atoms. The molecule has 0 radical (unpaired) electrons. The van der Waals surface area contributed by atoms with Gasteiger partial charge in [-0.15, -0.1) is 11.3 Å². The predicted octanol–water partition coefficient (Wildman–Crippen LogP) is 2.81. The van der Waals surface area contributed by atoms with Crippen LogP contribution in [0.25, 0.3) is 0 Å². The fourth-order valence-corrected chi connectivity index (χ4v) is 4.70. The first-order valence-corrected chi connectivity index (χ1v) is 9.74. The van der Waals surface area contributed by atoms with E-state index in [0.29, 0.717) is 11.7 Å². The van der Waals surface area contributed by atoms with E-state index in [0.717, 1.165) is 44.5 Å². The molecule has 2 aliphatic heterocycles. The summed E-state index contributed by atoms with van der Waals surface area (Å²) >= 11 is 1.48. The summed E-state index contributed by atoms with van der Waals surface area (Å²) in [5, 5.41) is 2.67. The Morgan fingerprint density at radius 1 is 1.28 bits per heavy atom. The number of carbonyl (C=O) groups excluding carboxylic acids is 1. The molecule has 2 aromatic rings. The van der Waals surface area contributed by atoms with Crippen molar-refractivity contribution in [3.8, 4) is 0 Å². The standard InChI is InChI=1S/C19H23N3O2S/c20-18-21-16(13-25-18)19(14-5-2-1-3-6-14)8-10-22(11-9-19)17(23)15-7-4-12-24-15/h1-3,5-6,13,15H,4,7-12H2,(H2,20,21)/t15-/m1/s1. The summed E-state index contributed by atoms with van der Waals surface area (Å²) in [5.41, 5.74) is 8.03. The van der Waals surface area contributed by atoms with Crippen molar-refractivity contribution in [2.75, 3.05) is 25.4 Å². The summed E-state index contributed by atoms with van der Waals surface area (Å²) < 4.78 is 5.57. The minimum atomic E-state index is -0.237. The molecular weight excluding hydrogens is 334 g/mol.